The van der Waals surface area contributed by atoms with Crippen LogP contribution in [0.4, 0.5) is 0 Å². The number of halogens is 1. The van der Waals surface area contributed by atoms with Crippen molar-refractivity contribution in [1.29, 1.82) is 0 Å². The molecule has 1 atom stereocenters. The minimum absolute atomic E-state index is 0.273. The van der Waals surface area contributed by atoms with Gasteiger partial charge in [0.1, 0.15) is 11.9 Å². The lowest BCUT2D eigenvalue weighted by molar-refractivity contribution is 0.515. The zero-order chi connectivity index (χ0) is 12.4. The lowest BCUT2D eigenvalue weighted by Crippen LogP contribution is -2.32. The Morgan fingerprint density at radius 2 is 2.35 bits per heavy atom. The third-order valence-corrected chi connectivity index (χ3v) is 2.98. The van der Waals surface area contributed by atoms with Crippen LogP contribution in [0.25, 0.3) is 0 Å². The number of nitrogens with two attached hydrogens (primary N) is 1. The maximum atomic E-state index is 6.15. The molecule has 0 aliphatic rings. The van der Waals surface area contributed by atoms with E-state index >= 15 is 0 Å². The first kappa shape index (κ1) is 12.1. The van der Waals surface area contributed by atoms with E-state index in [2.05, 4.69) is 15.5 Å². The summed E-state index contributed by atoms with van der Waals surface area (Å²) >= 11 is 6.15. The molecule has 6 nitrogen and oxygen atoms in total. The number of rotatable bonds is 4. The van der Waals surface area contributed by atoms with Gasteiger partial charge in [0.25, 0.3) is 0 Å². The van der Waals surface area contributed by atoms with E-state index in [1.54, 1.807) is 12.4 Å². The number of aromatic nitrogens is 4. The van der Waals surface area contributed by atoms with Crippen LogP contribution in [-0.4, -0.2) is 19.3 Å². The van der Waals surface area contributed by atoms with Gasteiger partial charge < -0.3 is 4.57 Å². The molecule has 0 saturated carbocycles. The maximum Gasteiger partial charge on any atom is 0.133 e. The van der Waals surface area contributed by atoms with Crippen molar-refractivity contribution in [1.82, 2.24) is 24.8 Å². The average Bonchev–Trinajstić information content (AvgIpc) is 2.89. The predicted octanol–water partition coefficient (Wildman–Crippen LogP) is 0.843. The highest BCUT2D eigenvalue weighted by atomic mass is 35.5. The van der Waals surface area contributed by atoms with Crippen molar-refractivity contribution < 1.29 is 0 Å². The topological polar surface area (TPSA) is 73.7 Å². The zero-order valence-electron chi connectivity index (χ0n) is 9.76. The molecule has 0 saturated heterocycles. The molecule has 0 spiro atoms. The molecule has 0 amide bonds. The van der Waals surface area contributed by atoms with Crippen LogP contribution in [0.3, 0.4) is 0 Å². The number of nitrogens with one attached hydrogen (secondary N) is 1. The SMILES string of the molecule is CCn1ncc(Cl)c1C(NN)c1nccn1C. The largest absolute Gasteiger partial charge is 0.336 e. The van der Waals surface area contributed by atoms with Gasteiger partial charge in [0, 0.05) is 26.0 Å². The van der Waals surface area contributed by atoms with Crippen molar-refractivity contribution in [3.8, 4) is 0 Å². The van der Waals surface area contributed by atoms with E-state index in [1.165, 1.54) is 0 Å². The number of imidazole rings is 1. The fraction of sp³-hybridized carbons (Fsp3) is 0.400. The Balaban J connectivity index is 2.49. The van der Waals surface area contributed by atoms with E-state index in [-0.39, 0.29) is 6.04 Å². The molecule has 0 aromatic carbocycles. The summed E-state index contributed by atoms with van der Waals surface area (Å²) in [7, 11) is 1.91. The first-order chi connectivity index (χ1) is 8.19. The van der Waals surface area contributed by atoms with E-state index in [9.17, 15) is 0 Å². The molecule has 0 aliphatic carbocycles. The third-order valence-electron chi connectivity index (χ3n) is 2.69. The van der Waals surface area contributed by atoms with Crippen molar-refractivity contribution >= 4 is 11.6 Å². The summed E-state index contributed by atoms with van der Waals surface area (Å²) in [5.74, 6) is 6.41. The third kappa shape index (κ3) is 2.06. The van der Waals surface area contributed by atoms with Crippen molar-refractivity contribution in [2.24, 2.45) is 12.9 Å². The molecular weight excluding hydrogens is 240 g/mol. The summed E-state index contributed by atoms with van der Waals surface area (Å²) < 4.78 is 3.70. The standard InChI is InChI=1S/C10H15ClN6/c1-3-17-9(7(11)6-14-17)8(15-12)10-13-4-5-16(10)2/h4-6,8,15H,3,12H2,1-2H3. The molecule has 2 heterocycles. The van der Waals surface area contributed by atoms with Gasteiger partial charge in [-0.25, -0.2) is 10.4 Å². The second kappa shape index (κ2) is 4.87. The Labute approximate surface area is 104 Å². The van der Waals surface area contributed by atoms with E-state index in [4.69, 9.17) is 17.4 Å². The van der Waals surface area contributed by atoms with Crippen LogP contribution in [0, 0.1) is 0 Å². The Bertz CT molecular complexity index is 503. The molecule has 0 bridgehead atoms. The molecule has 3 N–H and O–H groups in total. The van der Waals surface area contributed by atoms with Crippen LogP contribution in [0.5, 0.6) is 0 Å². The summed E-state index contributed by atoms with van der Waals surface area (Å²) in [4.78, 5) is 4.28. The Morgan fingerprint density at radius 1 is 1.59 bits per heavy atom. The average molecular weight is 255 g/mol. The summed E-state index contributed by atoms with van der Waals surface area (Å²) in [5.41, 5.74) is 3.56. The van der Waals surface area contributed by atoms with Crippen LogP contribution < -0.4 is 11.3 Å². The van der Waals surface area contributed by atoms with E-state index in [0.29, 0.717) is 5.02 Å². The summed E-state index contributed by atoms with van der Waals surface area (Å²) in [6.07, 6.45) is 5.20. The van der Waals surface area contributed by atoms with Crippen LogP contribution in [-0.2, 0) is 13.6 Å². The Morgan fingerprint density at radius 3 is 2.88 bits per heavy atom. The van der Waals surface area contributed by atoms with Gasteiger partial charge in [-0.05, 0) is 6.92 Å². The van der Waals surface area contributed by atoms with Crippen LogP contribution in [0.15, 0.2) is 18.6 Å². The van der Waals surface area contributed by atoms with Gasteiger partial charge in [-0.3, -0.25) is 10.5 Å². The van der Waals surface area contributed by atoms with Gasteiger partial charge in [0.2, 0.25) is 0 Å². The smallest absolute Gasteiger partial charge is 0.133 e. The van der Waals surface area contributed by atoms with Gasteiger partial charge in [-0.1, -0.05) is 11.6 Å². The molecule has 0 radical (unpaired) electrons. The normalized spacial score (nSPS) is 12.9. The monoisotopic (exact) mass is 254 g/mol. The Kier molecular flexibility index (Phi) is 3.46. The predicted molar refractivity (Wildman–Crippen MR) is 65.3 cm³/mol. The van der Waals surface area contributed by atoms with E-state index in [0.717, 1.165) is 18.1 Å². The molecule has 2 rings (SSSR count). The summed E-state index contributed by atoms with van der Waals surface area (Å²) in [6, 6.07) is -0.273. The molecule has 1 unspecified atom stereocenters. The fourth-order valence-corrected chi connectivity index (χ4v) is 2.09. The molecule has 0 fully saturated rings. The van der Waals surface area contributed by atoms with Gasteiger partial charge >= 0.3 is 0 Å². The zero-order valence-corrected chi connectivity index (χ0v) is 10.5. The highest BCUT2D eigenvalue weighted by Crippen LogP contribution is 2.26. The molecule has 92 valence electrons. The molecule has 2 aromatic rings. The molecule has 0 aliphatic heterocycles. The first-order valence-corrected chi connectivity index (χ1v) is 5.71. The maximum absolute atomic E-state index is 6.15. The number of nitrogens with zero attached hydrogens (tertiary/aromatic N) is 4. The number of hydrazine groups is 1. The van der Waals surface area contributed by atoms with Crippen molar-refractivity contribution in [2.45, 2.75) is 19.5 Å². The first-order valence-electron chi connectivity index (χ1n) is 5.33. The van der Waals surface area contributed by atoms with Crippen molar-refractivity contribution in [3.63, 3.8) is 0 Å². The van der Waals surface area contributed by atoms with Crippen LogP contribution >= 0.6 is 11.6 Å². The molecule has 17 heavy (non-hydrogen) atoms. The minimum atomic E-state index is -0.273. The second-order valence-corrected chi connectivity index (χ2v) is 4.10. The van der Waals surface area contributed by atoms with Crippen molar-refractivity contribution in [3.05, 3.63) is 35.1 Å². The highest BCUT2D eigenvalue weighted by Gasteiger charge is 2.23. The van der Waals surface area contributed by atoms with Crippen molar-refractivity contribution in [2.75, 3.05) is 0 Å². The minimum Gasteiger partial charge on any atom is -0.336 e. The molecule has 2 aromatic heterocycles. The van der Waals surface area contributed by atoms with Gasteiger partial charge in [-0.2, -0.15) is 5.10 Å². The van der Waals surface area contributed by atoms with Gasteiger partial charge in [-0.15, -0.1) is 0 Å². The van der Waals surface area contributed by atoms with Gasteiger partial charge in [0.05, 0.1) is 16.9 Å². The number of hydrogen-bond donors (Lipinski definition) is 2. The second-order valence-electron chi connectivity index (χ2n) is 3.69. The number of hydrogen-bond acceptors (Lipinski definition) is 4. The number of aryl methyl sites for hydroxylation is 2. The molecule has 7 heteroatoms. The summed E-state index contributed by atoms with van der Waals surface area (Å²) in [5, 5.41) is 4.78. The van der Waals surface area contributed by atoms with Crippen LogP contribution in [0.2, 0.25) is 5.02 Å². The highest BCUT2D eigenvalue weighted by molar-refractivity contribution is 6.31. The molecular formula is C10H15ClN6. The Hall–Kier alpha value is -1.37. The van der Waals surface area contributed by atoms with E-state index < -0.39 is 0 Å². The quantitative estimate of drug-likeness (QED) is 0.627. The van der Waals surface area contributed by atoms with E-state index in [1.807, 2.05) is 29.4 Å². The lowest BCUT2D eigenvalue weighted by Gasteiger charge is -2.17. The van der Waals surface area contributed by atoms with Crippen LogP contribution in [0.1, 0.15) is 24.5 Å². The fourth-order valence-electron chi connectivity index (χ4n) is 1.84. The van der Waals surface area contributed by atoms with Gasteiger partial charge in [0.15, 0.2) is 0 Å². The lowest BCUT2D eigenvalue weighted by atomic mass is 10.2. The summed E-state index contributed by atoms with van der Waals surface area (Å²) in [6.45, 7) is 2.73.